The van der Waals surface area contributed by atoms with E-state index in [1.807, 2.05) is 0 Å². The molecule has 0 aliphatic heterocycles. The van der Waals surface area contributed by atoms with Gasteiger partial charge in [-0.15, -0.1) is 24.5 Å². The highest BCUT2D eigenvalue weighted by molar-refractivity contribution is 9.13. The van der Waals surface area contributed by atoms with Gasteiger partial charge in [0.25, 0.3) is 5.91 Å². The summed E-state index contributed by atoms with van der Waals surface area (Å²) in [5.41, 5.74) is 0.211. The van der Waals surface area contributed by atoms with Crippen LogP contribution in [0.4, 0.5) is 18.9 Å². The second-order valence-corrected chi connectivity index (χ2v) is 6.99. The number of thiophene rings is 1. The Morgan fingerprint density at radius 1 is 1.24 bits per heavy atom. The molecule has 0 saturated carbocycles. The molecule has 0 aliphatic rings. The third kappa shape index (κ3) is 4.72. The molecule has 0 spiro atoms. The van der Waals surface area contributed by atoms with Crippen molar-refractivity contribution < 1.29 is 22.7 Å². The predicted octanol–water partition coefficient (Wildman–Crippen LogP) is 5.42. The average molecular weight is 445 g/mol. The summed E-state index contributed by atoms with van der Waals surface area (Å²) < 4.78 is 41.7. The number of hydrogen-bond acceptors (Lipinski definition) is 3. The molecule has 3 nitrogen and oxygen atoms in total. The highest BCUT2D eigenvalue weighted by atomic mass is 79.9. The van der Waals surface area contributed by atoms with Crippen LogP contribution in [0.1, 0.15) is 9.67 Å². The molecule has 1 aromatic heterocycles. The fraction of sp³-hybridized carbons (Fsp3) is 0.0833. The number of nitrogens with one attached hydrogen (secondary N) is 1. The summed E-state index contributed by atoms with van der Waals surface area (Å²) in [6.07, 6.45) is -4.77. The van der Waals surface area contributed by atoms with Crippen LogP contribution in [-0.4, -0.2) is 12.3 Å². The molecule has 1 N–H and O–H groups in total. The fourth-order valence-corrected chi connectivity index (χ4v) is 3.35. The van der Waals surface area contributed by atoms with Crippen LogP contribution in [0.15, 0.2) is 38.6 Å². The highest BCUT2D eigenvalue weighted by Crippen LogP contribution is 2.33. The van der Waals surface area contributed by atoms with Crippen molar-refractivity contribution in [3.05, 3.63) is 43.5 Å². The maximum absolute atomic E-state index is 12.1. The van der Waals surface area contributed by atoms with E-state index in [-0.39, 0.29) is 5.69 Å². The molecule has 9 heteroatoms. The third-order valence-corrected chi connectivity index (χ3v) is 5.45. The van der Waals surface area contributed by atoms with Crippen molar-refractivity contribution in [3.63, 3.8) is 0 Å². The molecular weight excluding hydrogens is 439 g/mol. The Balaban J connectivity index is 2.12. The van der Waals surface area contributed by atoms with Gasteiger partial charge >= 0.3 is 6.36 Å². The lowest BCUT2D eigenvalue weighted by Gasteiger charge is -2.10. The Labute approximate surface area is 138 Å². The molecule has 0 unspecified atom stereocenters. The zero-order chi connectivity index (χ0) is 15.6. The Morgan fingerprint density at radius 2 is 1.95 bits per heavy atom. The summed E-state index contributed by atoms with van der Waals surface area (Å²) in [4.78, 5) is 12.4. The van der Waals surface area contributed by atoms with Gasteiger partial charge in [0.15, 0.2) is 0 Å². The van der Waals surface area contributed by atoms with E-state index in [9.17, 15) is 18.0 Å². The number of alkyl halides is 3. The van der Waals surface area contributed by atoms with E-state index in [0.29, 0.717) is 4.88 Å². The van der Waals surface area contributed by atoms with Crippen LogP contribution in [0.25, 0.3) is 0 Å². The second-order valence-electron chi connectivity index (χ2n) is 3.76. The SMILES string of the molecule is O=C(Nc1cccc(OC(F)(F)F)c1)c1cc(Br)c(Br)s1. The number of benzene rings is 1. The second kappa shape index (κ2) is 6.37. The lowest BCUT2D eigenvalue weighted by Crippen LogP contribution is -2.17. The maximum Gasteiger partial charge on any atom is 0.573 e. The van der Waals surface area contributed by atoms with Crippen LogP contribution in [-0.2, 0) is 0 Å². The zero-order valence-corrected chi connectivity index (χ0v) is 14.0. The van der Waals surface area contributed by atoms with E-state index >= 15 is 0 Å². The van der Waals surface area contributed by atoms with Gasteiger partial charge in [-0.25, -0.2) is 0 Å². The molecule has 112 valence electrons. The van der Waals surface area contributed by atoms with Gasteiger partial charge in [0, 0.05) is 16.2 Å². The molecule has 0 saturated heterocycles. The third-order valence-electron chi connectivity index (χ3n) is 2.19. The summed E-state index contributed by atoms with van der Waals surface area (Å²) in [6, 6.07) is 6.69. The molecule has 1 amide bonds. The van der Waals surface area contributed by atoms with Crippen LogP contribution >= 0.6 is 43.2 Å². The lowest BCUT2D eigenvalue weighted by atomic mass is 10.3. The van der Waals surface area contributed by atoms with Crippen molar-refractivity contribution >= 4 is 54.8 Å². The maximum atomic E-state index is 12.1. The Bertz CT molecular complexity index is 653. The number of rotatable bonds is 3. The molecule has 1 heterocycles. The molecule has 21 heavy (non-hydrogen) atoms. The van der Waals surface area contributed by atoms with Crippen molar-refractivity contribution in [1.82, 2.24) is 0 Å². The lowest BCUT2D eigenvalue weighted by molar-refractivity contribution is -0.274. The van der Waals surface area contributed by atoms with Gasteiger partial charge in [0.1, 0.15) is 5.75 Å². The van der Waals surface area contributed by atoms with Gasteiger partial charge in [-0.1, -0.05) is 6.07 Å². The average Bonchev–Trinajstić information content (AvgIpc) is 2.68. The summed E-state index contributed by atoms with van der Waals surface area (Å²) in [6.45, 7) is 0. The zero-order valence-electron chi connectivity index (χ0n) is 10.0. The quantitative estimate of drug-likeness (QED) is 0.685. The van der Waals surface area contributed by atoms with Crippen LogP contribution in [0.5, 0.6) is 5.75 Å². The van der Waals surface area contributed by atoms with E-state index in [4.69, 9.17) is 0 Å². The Kier molecular flexibility index (Phi) is 4.95. The number of hydrogen-bond donors (Lipinski definition) is 1. The van der Waals surface area contributed by atoms with Crippen molar-refractivity contribution in [2.24, 2.45) is 0 Å². The normalized spacial score (nSPS) is 11.3. The van der Waals surface area contributed by atoms with E-state index in [1.54, 1.807) is 6.07 Å². The minimum absolute atomic E-state index is 0.211. The summed E-state index contributed by atoms with van der Waals surface area (Å²) in [7, 11) is 0. The fourth-order valence-electron chi connectivity index (χ4n) is 1.42. The van der Waals surface area contributed by atoms with Crippen molar-refractivity contribution in [3.8, 4) is 5.75 Å². The first-order valence-corrected chi connectivity index (χ1v) is 7.77. The topological polar surface area (TPSA) is 38.3 Å². The molecular formula is C12H6Br2F3NO2S. The number of anilines is 1. The molecule has 2 rings (SSSR count). The van der Waals surface area contributed by atoms with Crippen molar-refractivity contribution in [2.45, 2.75) is 6.36 Å². The molecule has 0 bridgehead atoms. The molecule has 0 radical (unpaired) electrons. The standard InChI is InChI=1S/C12H6Br2F3NO2S/c13-8-5-9(21-10(8)14)11(19)18-6-2-1-3-7(4-6)20-12(15,16)17/h1-5H,(H,18,19). The summed E-state index contributed by atoms with van der Waals surface area (Å²) in [5, 5.41) is 2.51. The van der Waals surface area contributed by atoms with Crippen LogP contribution in [0, 0.1) is 0 Å². The minimum Gasteiger partial charge on any atom is -0.406 e. The van der Waals surface area contributed by atoms with Crippen molar-refractivity contribution in [1.29, 1.82) is 0 Å². The van der Waals surface area contributed by atoms with E-state index in [2.05, 4.69) is 41.9 Å². The number of carbonyl (C=O) groups is 1. The van der Waals surface area contributed by atoms with Gasteiger partial charge in [-0.3, -0.25) is 4.79 Å². The Morgan fingerprint density at radius 3 is 2.52 bits per heavy atom. The number of carbonyl (C=O) groups excluding carboxylic acids is 1. The highest BCUT2D eigenvalue weighted by Gasteiger charge is 2.31. The number of halogens is 5. The van der Waals surface area contributed by atoms with Crippen LogP contribution in [0.3, 0.4) is 0 Å². The molecule has 0 fully saturated rings. The van der Waals surface area contributed by atoms with Gasteiger partial charge < -0.3 is 10.1 Å². The van der Waals surface area contributed by atoms with Gasteiger partial charge in [-0.05, 0) is 50.1 Å². The van der Waals surface area contributed by atoms with Gasteiger partial charge in [0.2, 0.25) is 0 Å². The molecule has 1 aromatic carbocycles. The molecule has 0 atom stereocenters. The largest absolute Gasteiger partial charge is 0.573 e. The first-order valence-electron chi connectivity index (χ1n) is 5.36. The van der Waals surface area contributed by atoms with Crippen LogP contribution in [0.2, 0.25) is 0 Å². The predicted molar refractivity (Wildman–Crippen MR) is 80.8 cm³/mol. The first kappa shape index (κ1) is 16.3. The molecule has 2 aromatic rings. The smallest absolute Gasteiger partial charge is 0.406 e. The minimum atomic E-state index is -4.77. The van der Waals surface area contributed by atoms with E-state index in [0.717, 1.165) is 20.4 Å². The van der Waals surface area contributed by atoms with Crippen LogP contribution < -0.4 is 10.1 Å². The molecule has 0 aliphatic carbocycles. The van der Waals surface area contributed by atoms with E-state index in [1.165, 1.54) is 23.5 Å². The van der Waals surface area contributed by atoms with Gasteiger partial charge in [0.05, 0.1) is 8.66 Å². The van der Waals surface area contributed by atoms with E-state index < -0.39 is 18.0 Å². The van der Waals surface area contributed by atoms with Crippen molar-refractivity contribution in [2.75, 3.05) is 5.32 Å². The number of amides is 1. The number of ether oxygens (including phenoxy) is 1. The first-order chi connectivity index (χ1) is 9.74. The monoisotopic (exact) mass is 443 g/mol. The Hall–Kier alpha value is -1.06. The summed E-state index contributed by atoms with van der Waals surface area (Å²) in [5.74, 6) is -0.815. The summed E-state index contributed by atoms with van der Waals surface area (Å²) >= 11 is 7.72. The van der Waals surface area contributed by atoms with Gasteiger partial charge in [-0.2, -0.15) is 0 Å².